The number of amides is 1. The predicted octanol–water partition coefficient (Wildman–Crippen LogP) is 4.26. The van der Waals surface area contributed by atoms with Crippen molar-refractivity contribution in [1.29, 1.82) is 0 Å². The fourth-order valence-corrected chi connectivity index (χ4v) is 3.73. The first-order chi connectivity index (χ1) is 17.4. The quantitative estimate of drug-likeness (QED) is 0.429. The molecule has 0 unspecified atom stereocenters. The van der Waals surface area contributed by atoms with E-state index in [9.17, 15) is 9.59 Å². The van der Waals surface area contributed by atoms with E-state index in [0.29, 0.717) is 41.7 Å². The molecule has 2 N–H and O–H groups in total. The van der Waals surface area contributed by atoms with E-state index in [1.165, 1.54) is 26.4 Å². The first kappa shape index (κ1) is 24.6. The molecule has 0 fully saturated rings. The smallest absolute Gasteiger partial charge is 0.335 e. The molecule has 3 aromatic rings. The molecule has 0 spiro atoms. The van der Waals surface area contributed by atoms with Gasteiger partial charge in [-0.15, -0.1) is 0 Å². The predicted molar refractivity (Wildman–Crippen MR) is 136 cm³/mol. The van der Waals surface area contributed by atoms with Crippen molar-refractivity contribution in [2.45, 2.75) is 6.42 Å². The summed E-state index contributed by atoms with van der Waals surface area (Å²) >= 11 is 0. The van der Waals surface area contributed by atoms with E-state index in [-0.39, 0.29) is 11.5 Å². The lowest BCUT2D eigenvalue weighted by Crippen LogP contribution is -2.30. The van der Waals surface area contributed by atoms with E-state index < -0.39 is 5.97 Å². The Bertz CT molecular complexity index is 1250. The molecule has 9 heteroatoms. The summed E-state index contributed by atoms with van der Waals surface area (Å²) in [5.41, 5.74) is 2.34. The third kappa shape index (κ3) is 6.12. The maximum Gasteiger partial charge on any atom is 0.335 e. The Kier molecular flexibility index (Phi) is 7.69. The number of rotatable bonds is 9. The van der Waals surface area contributed by atoms with Gasteiger partial charge in [-0.3, -0.25) is 4.79 Å². The number of carbonyl (C=O) groups excluding carboxylic acids is 1. The molecule has 36 heavy (non-hydrogen) atoms. The second-order valence-electron chi connectivity index (χ2n) is 8.14. The van der Waals surface area contributed by atoms with Crippen molar-refractivity contribution in [3.8, 4) is 17.2 Å². The first-order valence-corrected chi connectivity index (χ1v) is 11.3. The molecule has 1 aliphatic heterocycles. The van der Waals surface area contributed by atoms with Crippen molar-refractivity contribution in [3.63, 3.8) is 0 Å². The summed E-state index contributed by atoms with van der Waals surface area (Å²) in [6.07, 6.45) is 4.52. The number of carboxylic acids is 1. The number of pyridine rings is 1. The molecular weight excluding hydrogens is 462 g/mol. The highest BCUT2D eigenvalue weighted by atomic mass is 16.5. The number of nitrogens with zero attached hydrogens (tertiary/aromatic N) is 2. The van der Waals surface area contributed by atoms with Crippen LogP contribution < -0.4 is 24.4 Å². The zero-order valence-electron chi connectivity index (χ0n) is 20.1. The molecule has 2 heterocycles. The summed E-state index contributed by atoms with van der Waals surface area (Å²) in [5.74, 6) is 1.13. The van der Waals surface area contributed by atoms with E-state index in [0.717, 1.165) is 24.4 Å². The number of aromatic carboxylic acids is 1. The van der Waals surface area contributed by atoms with Crippen LogP contribution in [-0.4, -0.2) is 55.9 Å². The van der Waals surface area contributed by atoms with Crippen LogP contribution in [0.15, 0.2) is 72.4 Å². The largest absolute Gasteiger partial charge is 0.497 e. The highest BCUT2D eigenvalue weighted by Gasteiger charge is 2.15. The van der Waals surface area contributed by atoms with E-state index in [1.807, 2.05) is 12.1 Å². The van der Waals surface area contributed by atoms with Crippen molar-refractivity contribution in [2.24, 2.45) is 0 Å². The van der Waals surface area contributed by atoms with Gasteiger partial charge in [0.15, 0.2) is 0 Å². The lowest BCUT2D eigenvalue weighted by molar-refractivity contribution is 0.0696. The van der Waals surface area contributed by atoms with Crippen LogP contribution in [0.25, 0.3) is 0 Å². The monoisotopic (exact) mass is 489 g/mol. The minimum absolute atomic E-state index is 0.199. The van der Waals surface area contributed by atoms with Gasteiger partial charge in [-0.05, 0) is 54.5 Å². The molecule has 0 saturated carbocycles. The number of methoxy groups -OCH3 is 2. The molecule has 0 radical (unpaired) electrons. The third-order valence-electron chi connectivity index (χ3n) is 5.75. The number of hydrogen-bond donors (Lipinski definition) is 2. The molecule has 9 nitrogen and oxygen atoms in total. The van der Waals surface area contributed by atoms with Crippen molar-refractivity contribution in [3.05, 3.63) is 83.6 Å². The Morgan fingerprint density at radius 1 is 1.00 bits per heavy atom. The lowest BCUT2D eigenvalue weighted by atomic mass is 10.1. The van der Waals surface area contributed by atoms with Gasteiger partial charge in [0.25, 0.3) is 5.91 Å². The van der Waals surface area contributed by atoms with Crippen molar-refractivity contribution in [1.82, 2.24) is 4.98 Å². The van der Waals surface area contributed by atoms with Gasteiger partial charge in [0.05, 0.1) is 31.7 Å². The van der Waals surface area contributed by atoms with Crippen LogP contribution in [-0.2, 0) is 0 Å². The molecule has 4 rings (SSSR count). The number of benzene rings is 2. The number of ether oxygens (including phenoxy) is 3. The molecule has 1 amide bonds. The summed E-state index contributed by atoms with van der Waals surface area (Å²) < 4.78 is 16.2. The first-order valence-electron chi connectivity index (χ1n) is 11.3. The Balaban J connectivity index is 1.32. The Morgan fingerprint density at radius 2 is 1.75 bits per heavy atom. The van der Waals surface area contributed by atoms with Crippen molar-refractivity contribution in [2.75, 3.05) is 44.1 Å². The second-order valence-corrected chi connectivity index (χ2v) is 8.14. The second kappa shape index (κ2) is 11.3. The zero-order valence-corrected chi connectivity index (χ0v) is 20.1. The van der Waals surface area contributed by atoms with Crippen LogP contribution >= 0.6 is 0 Å². The number of carbonyl (C=O) groups is 2. The molecule has 0 bridgehead atoms. The zero-order chi connectivity index (χ0) is 25.5. The van der Waals surface area contributed by atoms with Gasteiger partial charge in [-0.1, -0.05) is 12.1 Å². The summed E-state index contributed by atoms with van der Waals surface area (Å²) in [5, 5.41) is 12.0. The molecule has 1 aliphatic rings. The van der Waals surface area contributed by atoms with Crippen LogP contribution in [0.3, 0.4) is 0 Å². The van der Waals surface area contributed by atoms with Gasteiger partial charge < -0.3 is 29.5 Å². The molecule has 0 saturated heterocycles. The highest BCUT2D eigenvalue weighted by molar-refractivity contribution is 6.04. The van der Waals surface area contributed by atoms with E-state index in [1.54, 1.807) is 36.5 Å². The van der Waals surface area contributed by atoms with Gasteiger partial charge in [-0.25, -0.2) is 9.78 Å². The third-order valence-corrected chi connectivity index (χ3v) is 5.75. The fourth-order valence-electron chi connectivity index (χ4n) is 3.73. The van der Waals surface area contributed by atoms with Gasteiger partial charge in [0.2, 0.25) is 0 Å². The normalized spacial score (nSPS) is 12.9. The average molecular weight is 490 g/mol. The molecule has 186 valence electrons. The summed E-state index contributed by atoms with van der Waals surface area (Å²) in [4.78, 5) is 30.4. The van der Waals surface area contributed by atoms with E-state index >= 15 is 0 Å². The number of hydrogen-bond acceptors (Lipinski definition) is 7. The standard InChI is InChI=1S/C27H27N3O6/c1-34-23-13-20(14-24(15-23)35-2)26(31)29-21-6-7-25(28-16-21)30-10-8-18(9-11-30)17-36-22-5-3-4-19(12-22)27(32)33/h3-8,12-16H,9-11,17H2,1-2H3,(H,29,31)(H,32,33). The number of anilines is 2. The molecule has 1 aromatic heterocycles. The number of aromatic nitrogens is 1. The van der Waals surface area contributed by atoms with Crippen LogP contribution in [0, 0.1) is 0 Å². The van der Waals surface area contributed by atoms with Crippen LogP contribution in [0.2, 0.25) is 0 Å². The lowest BCUT2D eigenvalue weighted by Gasteiger charge is -2.27. The van der Waals surface area contributed by atoms with Gasteiger partial charge in [-0.2, -0.15) is 0 Å². The van der Waals surface area contributed by atoms with Crippen LogP contribution in [0.5, 0.6) is 17.2 Å². The van der Waals surface area contributed by atoms with Gasteiger partial charge >= 0.3 is 5.97 Å². The number of nitrogens with one attached hydrogen (secondary N) is 1. The van der Waals surface area contributed by atoms with Gasteiger partial charge in [0, 0.05) is 24.7 Å². The molecule has 0 aliphatic carbocycles. The topological polar surface area (TPSA) is 110 Å². The SMILES string of the molecule is COc1cc(OC)cc(C(=O)Nc2ccc(N3CC=C(COc4cccc(C(=O)O)c4)CC3)nc2)c1. The van der Waals surface area contributed by atoms with Gasteiger partial charge in [0.1, 0.15) is 29.7 Å². The van der Waals surface area contributed by atoms with E-state index in [2.05, 4.69) is 21.3 Å². The summed E-state index contributed by atoms with van der Waals surface area (Å²) in [6, 6.07) is 15.1. The van der Waals surface area contributed by atoms with Crippen LogP contribution in [0.4, 0.5) is 11.5 Å². The maximum absolute atomic E-state index is 12.7. The summed E-state index contributed by atoms with van der Waals surface area (Å²) in [7, 11) is 3.07. The van der Waals surface area contributed by atoms with E-state index in [4.69, 9.17) is 19.3 Å². The summed E-state index contributed by atoms with van der Waals surface area (Å²) in [6.45, 7) is 1.85. The van der Waals surface area contributed by atoms with Crippen molar-refractivity contribution >= 4 is 23.4 Å². The number of carboxylic acid groups (broad SMARTS) is 1. The molecular formula is C27H27N3O6. The van der Waals surface area contributed by atoms with Crippen LogP contribution in [0.1, 0.15) is 27.1 Å². The Labute approximate surface area is 208 Å². The Morgan fingerprint density at radius 3 is 2.36 bits per heavy atom. The average Bonchev–Trinajstić information content (AvgIpc) is 2.92. The molecule has 2 aromatic carbocycles. The Hall–Kier alpha value is -4.53. The molecule has 0 atom stereocenters. The fraction of sp³-hybridized carbons (Fsp3) is 0.222. The minimum Gasteiger partial charge on any atom is -0.497 e. The maximum atomic E-state index is 12.7. The minimum atomic E-state index is -0.980. The van der Waals surface area contributed by atoms with Crippen molar-refractivity contribution < 1.29 is 28.9 Å². The highest BCUT2D eigenvalue weighted by Crippen LogP contribution is 2.24.